The summed E-state index contributed by atoms with van der Waals surface area (Å²) in [6.07, 6.45) is 0. The van der Waals surface area contributed by atoms with Crippen LogP contribution in [0.4, 0.5) is 5.69 Å². The van der Waals surface area contributed by atoms with Crippen LogP contribution in [0.15, 0.2) is 53.1 Å². The van der Waals surface area contributed by atoms with E-state index in [-0.39, 0.29) is 10.6 Å². The van der Waals surface area contributed by atoms with Crippen LogP contribution in [-0.4, -0.2) is 46.1 Å². The lowest BCUT2D eigenvalue weighted by Crippen LogP contribution is -2.45. The molecular formula is C19H20N4O3. The Morgan fingerprint density at radius 3 is 2.50 bits per heavy atom. The van der Waals surface area contributed by atoms with E-state index < -0.39 is 0 Å². The first-order valence-corrected chi connectivity index (χ1v) is 8.70. The first kappa shape index (κ1) is 16.7. The molecule has 0 N–H and O–H groups in total. The van der Waals surface area contributed by atoms with Crippen LogP contribution >= 0.6 is 0 Å². The molecule has 0 amide bonds. The third-order valence-corrected chi connectivity index (χ3v) is 4.82. The molecule has 0 unspecified atom stereocenters. The average molecular weight is 352 g/mol. The molecule has 7 heteroatoms. The Bertz CT molecular complexity index is 916. The summed E-state index contributed by atoms with van der Waals surface area (Å²) in [6.45, 7) is 5.26. The number of benzene rings is 2. The predicted octanol–water partition coefficient (Wildman–Crippen LogP) is 3.05. The van der Waals surface area contributed by atoms with E-state index in [1.807, 2.05) is 30.3 Å². The molecule has 0 radical (unpaired) electrons. The lowest BCUT2D eigenvalue weighted by molar-refractivity contribution is -0.384. The maximum atomic E-state index is 10.9. The second kappa shape index (κ2) is 7.23. The van der Waals surface area contributed by atoms with E-state index in [4.69, 9.17) is 4.52 Å². The van der Waals surface area contributed by atoms with E-state index in [0.29, 0.717) is 0 Å². The van der Waals surface area contributed by atoms with E-state index in [2.05, 4.69) is 15.0 Å². The Balaban J connectivity index is 1.34. The minimum atomic E-state index is -0.344. The van der Waals surface area contributed by atoms with Gasteiger partial charge in [-0.3, -0.25) is 19.9 Å². The van der Waals surface area contributed by atoms with E-state index >= 15 is 0 Å². The van der Waals surface area contributed by atoms with Crippen molar-refractivity contribution in [3.63, 3.8) is 0 Å². The number of aromatic nitrogens is 1. The fourth-order valence-electron chi connectivity index (χ4n) is 3.40. The number of para-hydroxylation sites is 1. The zero-order valence-corrected chi connectivity index (χ0v) is 14.4. The van der Waals surface area contributed by atoms with Crippen molar-refractivity contribution < 1.29 is 9.45 Å². The van der Waals surface area contributed by atoms with Crippen LogP contribution in [0.5, 0.6) is 0 Å². The SMILES string of the molecule is O=[N+]([O-])c1cccc(CN2CCN(Cc3noc4ccccc34)CC2)c1. The molecule has 0 aliphatic carbocycles. The largest absolute Gasteiger partial charge is 0.356 e. The van der Waals surface area contributed by atoms with Gasteiger partial charge in [-0.25, -0.2) is 0 Å². The number of nitro groups is 1. The number of nitro benzene ring substituents is 1. The highest BCUT2D eigenvalue weighted by atomic mass is 16.6. The number of rotatable bonds is 5. The number of hydrogen-bond donors (Lipinski definition) is 0. The molecule has 1 fully saturated rings. The summed E-state index contributed by atoms with van der Waals surface area (Å²) >= 11 is 0. The lowest BCUT2D eigenvalue weighted by atomic mass is 10.1. The van der Waals surface area contributed by atoms with Crippen LogP contribution < -0.4 is 0 Å². The molecule has 2 aromatic carbocycles. The van der Waals surface area contributed by atoms with Crippen molar-refractivity contribution in [1.29, 1.82) is 0 Å². The summed E-state index contributed by atoms with van der Waals surface area (Å²) in [6, 6.07) is 14.8. The minimum Gasteiger partial charge on any atom is -0.356 e. The number of fused-ring (bicyclic) bond motifs is 1. The van der Waals surface area contributed by atoms with Gasteiger partial charge in [-0.1, -0.05) is 29.4 Å². The second-order valence-electron chi connectivity index (χ2n) is 6.60. The smallest absolute Gasteiger partial charge is 0.269 e. The molecule has 1 aliphatic heterocycles. The van der Waals surface area contributed by atoms with Crippen molar-refractivity contribution >= 4 is 16.7 Å². The van der Waals surface area contributed by atoms with Crippen LogP contribution in [0.1, 0.15) is 11.3 Å². The van der Waals surface area contributed by atoms with Gasteiger partial charge in [-0.15, -0.1) is 0 Å². The number of nitrogens with zero attached hydrogens (tertiary/aromatic N) is 4. The highest BCUT2D eigenvalue weighted by molar-refractivity contribution is 5.79. The Hall–Kier alpha value is -2.77. The van der Waals surface area contributed by atoms with Crippen molar-refractivity contribution in [3.8, 4) is 0 Å². The molecule has 7 nitrogen and oxygen atoms in total. The van der Waals surface area contributed by atoms with Crippen LogP contribution in [0.2, 0.25) is 0 Å². The van der Waals surface area contributed by atoms with Crippen molar-refractivity contribution in [2.24, 2.45) is 0 Å². The van der Waals surface area contributed by atoms with E-state index in [0.717, 1.165) is 61.5 Å². The van der Waals surface area contributed by atoms with Gasteiger partial charge in [0.1, 0.15) is 5.69 Å². The van der Waals surface area contributed by atoms with Crippen LogP contribution in [0.25, 0.3) is 11.0 Å². The molecule has 1 saturated heterocycles. The zero-order valence-electron chi connectivity index (χ0n) is 14.4. The second-order valence-corrected chi connectivity index (χ2v) is 6.60. The summed E-state index contributed by atoms with van der Waals surface area (Å²) in [5, 5.41) is 16.2. The predicted molar refractivity (Wildman–Crippen MR) is 97.7 cm³/mol. The van der Waals surface area contributed by atoms with E-state index in [9.17, 15) is 10.1 Å². The molecule has 0 bridgehead atoms. The fraction of sp³-hybridized carbons (Fsp3) is 0.316. The van der Waals surface area contributed by atoms with Gasteiger partial charge in [-0.05, 0) is 17.7 Å². The molecule has 0 spiro atoms. The highest BCUT2D eigenvalue weighted by Gasteiger charge is 2.20. The monoisotopic (exact) mass is 352 g/mol. The van der Waals surface area contributed by atoms with Gasteiger partial charge in [0.15, 0.2) is 5.58 Å². The molecular weight excluding hydrogens is 332 g/mol. The first-order chi connectivity index (χ1) is 12.7. The van der Waals surface area contributed by atoms with Crippen LogP contribution in [-0.2, 0) is 13.1 Å². The first-order valence-electron chi connectivity index (χ1n) is 8.70. The Morgan fingerprint density at radius 1 is 1.00 bits per heavy atom. The maximum Gasteiger partial charge on any atom is 0.269 e. The minimum absolute atomic E-state index is 0.152. The summed E-state index contributed by atoms with van der Waals surface area (Å²) in [4.78, 5) is 15.3. The molecule has 26 heavy (non-hydrogen) atoms. The standard InChI is InChI=1S/C19H20N4O3/c24-23(25)16-5-3-4-15(12-16)13-21-8-10-22(11-9-21)14-18-17-6-1-2-7-19(17)26-20-18/h1-7,12H,8-11,13-14H2. The van der Waals surface area contributed by atoms with Gasteiger partial charge in [0.25, 0.3) is 5.69 Å². The van der Waals surface area contributed by atoms with Gasteiger partial charge in [0.2, 0.25) is 0 Å². The van der Waals surface area contributed by atoms with Crippen molar-refractivity contribution in [3.05, 3.63) is 69.9 Å². The summed E-state index contributed by atoms with van der Waals surface area (Å²) in [7, 11) is 0. The third-order valence-electron chi connectivity index (χ3n) is 4.82. The van der Waals surface area contributed by atoms with Gasteiger partial charge < -0.3 is 4.52 Å². The summed E-state index contributed by atoms with van der Waals surface area (Å²) < 4.78 is 5.38. The van der Waals surface area contributed by atoms with E-state index in [1.165, 1.54) is 6.07 Å². The molecule has 1 aromatic heterocycles. The normalized spacial score (nSPS) is 16.2. The molecule has 2 heterocycles. The summed E-state index contributed by atoms with van der Waals surface area (Å²) in [5.74, 6) is 0. The van der Waals surface area contributed by atoms with Crippen molar-refractivity contribution in [1.82, 2.24) is 15.0 Å². The van der Waals surface area contributed by atoms with Gasteiger partial charge in [0, 0.05) is 56.8 Å². The van der Waals surface area contributed by atoms with Crippen molar-refractivity contribution in [2.75, 3.05) is 26.2 Å². The zero-order chi connectivity index (χ0) is 17.9. The van der Waals surface area contributed by atoms with Crippen molar-refractivity contribution in [2.45, 2.75) is 13.1 Å². The number of hydrogen-bond acceptors (Lipinski definition) is 6. The van der Waals surface area contributed by atoms with Gasteiger partial charge in [-0.2, -0.15) is 0 Å². The average Bonchev–Trinajstić information content (AvgIpc) is 3.07. The maximum absolute atomic E-state index is 10.9. The quantitative estimate of drug-likeness (QED) is 0.519. The highest BCUT2D eigenvalue weighted by Crippen LogP contribution is 2.20. The Morgan fingerprint density at radius 2 is 1.73 bits per heavy atom. The van der Waals surface area contributed by atoms with Gasteiger partial charge in [0.05, 0.1) is 4.92 Å². The molecule has 134 valence electrons. The topological polar surface area (TPSA) is 75.7 Å². The number of piperazine rings is 1. The molecule has 4 rings (SSSR count). The Labute approximate surface area is 150 Å². The fourth-order valence-corrected chi connectivity index (χ4v) is 3.40. The number of non-ortho nitro benzene ring substituents is 1. The summed E-state index contributed by atoms with van der Waals surface area (Å²) in [5.41, 5.74) is 2.94. The van der Waals surface area contributed by atoms with Crippen LogP contribution in [0, 0.1) is 10.1 Å². The molecule has 1 aliphatic rings. The lowest BCUT2D eigenvalue weighted by Gasteiger charge is -2.34. The Kier molecular flexibility index (Phi) is 4.64. The molecule has 0 saturated carbocycles. The van der Waals surface area contributed by atoms with E-state index in [1.54, 1.807) is 12.1 Å². The van der Waals surface area contributed by atoms with Crippen LogP contribution in [0.3, 0.4) is 0 Å². The van der Waals surface area contributed by atoms with Gasteiger partial charge >= 0.3 is 0 Å². The molecule has 0 atom stereocenters. The third kappa shape index (κ3) is 3.58. The molecule has 3 aromatic rings.